The molecule has 1 aliphatic carbocycles. The SMILES string of the molecule is CCCC1CCC(CNCC)(OC)CC1. The van der Waals surface area contributed by atoms with Crippen LogP contribution in [0.15, 0.2) is 0 Å². The van der Waals surface area contributed by atoms with Crippen LogP contribution in [0.3, 0.4) is 0 Å². The summed E-state index contributed by atoms with van der Waals surface area (Å²) in [6, 6.07) is 0. The Morgan fingerprint density at radius 1 is 1.27 bits per heavy atom. The lowest BCUT2D eigenvalue weighted by molar-refractivity contribution is -0.0477. The standard InChI is InChI=1S/C13H27NO/c1-4-6-12-7-9-13(15-3,10-8-12)11-14-5-2/h12,14H,4-11H2,1-3H3. The molecule has 0 aromatic carbocycles. The Kier molecular flexibility index (Phi) is 5.62. The number of nitrogens with one attached hydrogen (secondary N) is 1. The molecule has 0 atom stereocenters. The Labute approximate surface area is 94.8 Å². The molecule has 15 heavy (non-hydrogen) atoms. The van der Waals surface area contributed by atoms with Crippen molar-refractivity contribution in [2.24, 2.45) is 5.92 Å². The van der Waals surface area contributed by atoms with Crippen LogP contribution in [0.1, 0.15) is 52.4 Å². The molecule has 1 rings (SSSR count). The Bertz CT molecular complexity index is 162. The fourth-order valence-electron chi connectivity index (χ4n) is 2.71. The predicted molar refractivity (Wildman–Crippen MR) is 65.1 cm³/mol. The van der Waals surface area contributed by atoms with Crippen LogP contribution in [0.5, 0.6) is 0 Å². The van der Waals surface area contributed by atoms with Crippen molar-refractivity contribution < 1.29 is 4.74 Å². The van der Waals surface area contributed by atoms with Crippen LogP contribution in [-0.4, -0.2) is 25.8 Å². The summed E-state index contributed by atoms with van der Waals surface area (Å²) in [6.45, 7) is 6.52. The maximum atomic E-state index is 5.74. The summed E-state index contributed by atoms with van der Waals surface area (Å²) >= 11 is 0. The summed E-state index contributed by atoms with van der Waals surface area (Å²) in [7, 11) is 1.87. The Balaban J connectivity index is 2.36. The molecule has 2 heteroatoms. The van der Waals surface area contributed by atoms with Gasteiger partial charge in [0.25, 0.3) is 0 Å². The molecule has 0 aliphatic heterocycles. The third-order valence-electron chi connectivity index (χ3n) is 3.84. The van der Waals surface area contributed by atoms with Crippen LogP contribution in [0.4, 0.5) is 0 Å². The van der Waals surface area contributed by atoms with Gasteiger partial charge in [0.15, 0.2) is 0 Å². The van der Waals surface area contributed by atoms with Crippen molar-refractivity contribution in [1.82, 2.24) is 5.32 Å². The molecule has 0 aromatic heterocycles. The first kappa shape index (κ1) is 13.0. The van der Waals surface area contributed by atoms with Crippen molar-refractivity contribution in [3.63, 3.8) is 0 Å². The number of hydrogen-bond acceptors (Lipinski definition) is 2. The summed E-state index contributed by atoms with van der Waals surface area (Å²) in [5.41, 5.74) is 0.139. The van der Waals surface area contributed by atoms with Gasteiger partial charge in [-0.2, -0.15) is 0 Å². The smallest absolute Gasteiger partial charge is 0.0802 e. The topological polar surface area (TPSA) is 21.3 Å². The molecule has 2 nitrogen and oxygen atoms in total. The van der Waals surface area contributed by atoms with Gasteiger partial charge in [0.2, 0.25) is 0 Å². The second kappa shape index (κ2) is 6.49. The van der Waals surface area contributed by atoms with E-state index in [9.17, 15) is 0 Å². The fourth-order valence-corrected chi connectivity index (χ4v) is 2.71. The van der Waals surface area contributed by atoms with Gasteiger partial charge in [0.05, 0.1) is 5.60 Å². The fraction of sp³-hybridized carbons (Fsp3) is 1.00. The molecule has 0 heterocycles. The molecule has 0 amide bonds. The second-order valence-corrected chi connectivity index (χ2v) is 4.90. The largest absolute Gasteiger partial charge is 0.377 e. The zero-order valence-corrected chi connectivity index (χ0v) is 10.6. The van der Waals surface area contributed by atoms with Gasteiger partial charge in [-0.05, 0) is 38.1 Å². The summed E-state index contributed by atoms with van der Waals surface area (Å²) in [6.07, 6.45) is 7.92. The van der Waals surface area contributed by atoms with Crippen molar-refractivity contribution in [2.75, 3.05) is 20.2 Å². The van der Waals surface area contributed by atoms with Gasteiger partial charge in [-0.15, -0.1) is 0 Å². The monoisotopic (exact) mass is 213 g/mol. The number of ether oxygens (including phenoxy) is 1. The zero-order chi connectivity index (χ0) is 11.1. The molecule has 0 radical (unpaired) electrons. The molecular weight excluding hydrogens is 186 g/mol. The first-order chi connectivity index (χ1) is 7.26. The van der Waals surface area contributed by atoms with Crippen molar-refractivity contribution in [1.29, 1.82) is 0 Å². The average Bonchev–Trinajstić information content (AvgIpc) is 2.29. The number of methoxy groups -OCH3 is 1. The third-order valence-corrected chi connectivity index (χ3v) is 3.84. The molecule has 1 aliphatic rings. The van der Waals surface area contributed by atoms with Crippen molar-refractivity contribution in [2.45, 2.75) is 58.0 Å². The molecule has 1 N–H and O–H groups in total. The summed E-state index contributed by atoms with van der Waals surface area (Å²) < 4.78 is 5.74. The Morgan fingerprint density at radius 2 is 1.93 bits per heavy atom. The Hall–Kier alpha value is -0.0800. The van der Waals surface area contributed by atoms with Gasteiger partial charge >= 0.3 is 0 Å². The molecule has 0 aromatic rings. The number of hydrogen-bond donors (Lipinski definition) is 1. The lowest BCUT2D eigenvalue weighted by atomic mass is 9.77. The minimum absolute atomic E-state index is 0.139. The lowest BCUT2D eigenvalue weighted by Crippen LogP contribution is -2.45. The molecular formula is C13H27NO. The maximum Gasteiger partial charge on any atom is 0.0802 e. The highest BCUT2D eigenvalue weighted by atomic mass is 16.5. The summed E-state index contributed by atoms with van der Waals surface area (Å²) in [4.78, 5) is 0. The van der Waals surface area contributed by atoms with E-state index < -0.39 is 0 Å². The van der Waals surface area contributed by atoms with E-state index in [0.29, 0.717) is 0 Å². The van der Waals surface area contributed by atoms with Crippen LogP contribution < -0.4 is 5.32 Å². The van der Waals surface area contributed by atoms with E-state index in [-0.39, 0.29) is 5.60 Å². The summed E-state index contributed by atoms with van der Waals surface area (Å²) in [5, 5.41) is 3.43. The molecule has 1 saturated carbocycles. The van der Waals surface area contributed by atoms with Crippen LogP contribution in [0, 0.1) is 5.92 Å². The van der Waals surface area contributed by atoms with E-state index in [0.717, 1.165) is 19.0 Å². The van der Waals surface area contributed by atoms with Gasteiger partial charge in [0.1, 0.15) is 0 Å². The minimum atomic E-state index is 0.139. The van der Waals surface area contributed by atoms with E-state index in [4.69, 9.17) is 4.74 Å². The van der Waals surface area contributed by atoms with E-state index in [2.05, 4.69) is 19.2 Å². The lowest BCUT2D eigenvalue weighted by Gasteiger charge is -2.39. The van der Waals surface area contributed by atoms with Crippen molar-refractivity contribution in [3.8, 4) is 0 Å². The van der Waals surface area contributed by atoms with Crippen LogP contribution >= 0.6 is 0 Å². The Morgan fingerprint density at radius 3 is 2.40 bits per heavy atom. The second-order valence-electron chi connectivity index (χ2n) is 4.90. The molecule has 1 fully saturated rings. The molecule has 0 spiro atoms. The molecule has 0 saturated heterocycles. The van der Waals surface area contributed by atoms with Crippen LogP contribution in [0.2, 0.25) is 0 Å². The van der Waals surface area contributed by atoms with Gasteiger partial charge in [-0.25, -0.2) is 0 Å². The van der Waals surface area contributed by atoms with Gasteiger partial charge in [0, 0.05) is 13.7 Å². The van der Waals surface area contributed by atoms with Crippen LogP contribution in [-0.2, 0) is 4.74 Å². The number of rotatable bonds is 6. The van der Waals surface area contributed by atoms with Gasteiger partial charge in [-0.3, -0.25) is 0 Å². The third kappa shape index (κ3) is 3.76. The van der Waals surface area contributed by atoms with Gasteiger partial charge < -0.3 is 10.1 Å². The van der Waals surface area contributed by atoms with E-state index in [1.165, 1.54) is 38.5 Å². The normalized spacial score (nSPS) is 31.8. The van der Waals surface area contributed by atoms with E-state index >= 15 is 0 Å². The first-order valence-electron chi connectivity index (χ1n) is 6.52. The zero-order valence-electron chi connectivity index (χ0n) is 10.6. The van der Waals surface area contributed by atoms with Gasteiger partial charge in [-0.1, -0.05) is 26.7 Å². The average molecular weight is 213 g/mol. The van der Waals surface area contributed by atoms with E-state index in [1.807, 2.05) is 7.11 Å². The first-order valence-corrected chi connectivity index (χ1v) is 6.52. The molecule has 90 valence electrons. The van der Waals surface area contributed by atoms with Crippen LogP contribution in [0.25, 0.3) is 0 Å². The number of likely N-dealkylation sites (N-methyl/N-ethyl adjacent to an activating group) is 1. The summed E-state index contributed by atoms with van der Waals surface area (Å²) in [5.74, 6) is 0.958. The van der Waals surface area contributed by atoms with Crippen molar-refractivity contribution in [3.05, 3.63) is 0 Å². The highest BCUT2D eigenvalue weighted by Gasteiger charge is 2.34. The highest BCUT2D eigenvalue weighted by molar-refractivity contribution is 4.88. The highest BCUT2D eigenvalue weighted by Crippen LogP contribution is 2.36. The predicted octanol–water partition coefficient (Wildman–Crippen LogP) is 2.97. The molecule has 0 bridgehead atoms. The molecule has 0 unspecified atom stereocenters. The maximum absolute atomic E-state index is 5.74. The minimum Gasteiger partial charge on any atom is -0.377 e. The van der Waals surface area contributed by atoms with Crippen molar-refractivity contribution >= 4 is 0 Å². The van der Waals surface area contributed by atoms with E-state index in [1.54, 1.807) is 0 Å². The quantitative estimate of drug-likeness (QED) is 0.732.